The van der Waals surface area contributed by atoms with Crippen molar-refractivity contribution in [3.63, 3.8) is 0 Å². The fourth-order valence-electron chi connectivity index (χ4n) is 5.55. The van der Waals surface area contributed by atoms with Gasteiger partial charge in [-0.2, -0.15) is 0 Å². The third kappa shape index (κ3) is 4.78. The van der Waals surface area contributed by atoms with E-state index in [0.717, 1.165) is 33.4 Å². The zero-order valence-corrected chi connectivity index (χ0v) is 20.6. The summed E-state index contributed by atoms with van der Waals surface area (Å²) >= 11 is 0. The van der Waals surface area contributed by atoms with Crippen LogP contribution in [0.3, 0.4) is 0 Å². The van der Waals surface area contributed by atoms with Gasteiger partial charge in [-0.05, 0) is 80.3 Å². The monoisotopic (exact) mass is 455 g/mol. The van der Waals surface area contributed by atoms with E-state index in [1.165, 1.54) is 11.9 Å². The van der Waals surface area contributed by atoms with E-state index in [1.54, 1.807) is 0 Å². The topological polar surface area (TPSA) is 98.1 Å². The summed E-state index contributed by atoms with van der Waals surface area (Å²) in [5.74, 6) is -1.61. The van der Waals surface area contributed by atoms with Crippen molar-refractivity contribution in [1.29, 1.82) is 0 Å². The van der Waals surface area contributed by atoms with E-state index in [2.05, 4.69) is 6.08 Å². The van der Waals surface area contributed by atoms with E-state index < -0.39 is 23.9 Å². The second kappa shape index (κ2) is 9.82. The van der Waals surface area contributed by atoms with Gasteiger partial charge in [-0.15, -0.1) is 0 Å². The number of aromatic hydroxyl groups is 1. The molecule has 0 bridgehead atoms. The van der Waals surface area contributed by atoms with Crippen LogP contribution in [-0.2, 0) is 9.59 Å². The van der Waals surface area contributed by atoms with Crippen LogP contribution in [0, 0.1) is 37.5 Å². The fraction of sp³-hybridized carbons (Fsp3) is 0.556. The summed E-state index contributed by atoms with van der Waals surface area (Å²) in [6, 6.07) is 3.87. The highest BCUT2D eigenvalue weighted by Gasteiger charge is 2.53. The third-order valence-electron chi connectivity index (χ3n) is 7.33. The normalized spacial score (nSPS) is 24.7. The molecule has 0 unspecified atom stereocenters. The number of aliphatic hydroxyl groups is 2. The smallest absolute Gasteiger partial charge is 0.233 e. The Bertz CT molecular complexity index is 983. The van der Waals surface area contributed by atoms with Gasteiger partial charge in [-0.3, -0.25) is 14.5 Å². The molecule has 6 nitrogen and oxygen atoms in total. The van der Waals surface area contributed by atoms with Crippen molar-refractivity contribution in [3.8, 4) is 5.75 Å². The molecule has 0 radical (unpaired) electrons. The number of hydrogen-bond donors (Lipinski definition) is 3. The van der Waals surface area contributed by atoms with Crippen molar-refractivity contribution in [2.75, 3.05) is 13.7 Å². The number of nitrogens with zero attached hydrogens (tertiary/aromatic N) is 1. The molecule has 1 aromatic carbocycles. The van der Waals surface area contributed by atoms with Gasteiger partial charge in [-0.25, -0.2) is 0 Å². The van der Waals surface area contributed by atoms with E-state index in [-0.39, 0.29) is 24.3 Å². The molecule has 0 spiro atoms. The van der Waals surface area contributed by atoms with Crippen LogP contribution in [0.4, 0.5) is 0 Å². The number of fused-ring (bicyclic) bond motifs is 1. The third-order valence-corrected chi connectivity index (χ3v) is 7.33. The Morgan fingerprint density at radius 1 is 1.18 bits per heavy atom. The lowest BCUT2D eigenvalue weighted by molar-refractivity contribution is -0.138. The molecule has 2 aliphatic rings. The van der Waals surface area contributed by atoms with Crippen molar-refractivity contribution in [1.82, 2.24) is 4.90 Å². The number of rotatable bonds is 7. The van der Waals surface area contributed by atoms with Crippen molar-refractivity contribution in [2.24, 2.45) is 23.7 Å². The number of carbonyl (C=O) groups excluding carboxylic acids is 2. The van der Waals surface area contributed by atoms with Gasteiger partial charge in [0.25, 0.3) is 0 Å². The highest BCUT2D eigenvalue weighted by Crippen LogP contribution is 2.47. The highest BCUT2D eigenvalue weighted by molar-refractivity contribution is 6.05. The zero-order chi connectivity index (χ0) is 24.6. The molecule has 4 atom stereocenters. The molecule has 3 rings (SSSR count). The average Bonchev–Trinajstić information content (AvgIpc) is 2.98. The van der Waals surface area contributed by atoms with Gasteiger partial charge in [-0.1, -0.05) is 31.1 Å². The second-order valence-corrected chi connectivity index (χ2v) is 10.0. The summed E-state index contributed by atoms with van der Waals surface area (Å²) in [5, 5.41) is 31.5. The Balaban J connectivity index is 1.84. The number of carbonyl (C=O) groups is 2. The number of hydrogen-bond acceptors (Lipinski definition) is 5. The van der Waals surface area contributed by atoms with Crippen LogP contribution < -0.4 is 0 Å². The molecule has 1 saturated heterocycles. The minimum absolute atomic E-state index is 0.109. The number of phenolic OH excluding ortho intramolecular Hbond substituents is 1. The molecule has 2 amide bonds. The predicted molar refractivity (Wildman–Crippen MR) is 128 cm³/mol. The van der Waals surface area contributed by atoms with Gasteiger partial charge >= 0.3 is 0 Å². The van der Waals surface area contributed by atoms with E-state index in [4.69, 9.17) is 0 Å². The minimum atomic E-state index is -0.791. The van der Waals surface area contributed by atoms with E-state index in [0.29, 0.717) is 25.0 Å². The van der Waals surface area contributed by atoms with Crippen LogP contribution in [0.25, 0.3) is 6.08 Å². The molecule has 6 heteroatoms. The summed E-state index contributed by atoms with van der Waals surface area (Å²) < 4.78 is 0. The number of phenols is 1. The van der Waals surface area contributed by atoms with Gasteiger partial charge in [0.15, 0.2) is 0 Å². The quantitative estimate of drug-likeness (QED) is 0.430. The average molecular weight is 456 g/mol. The predicted octanol–water partition coefficient (Wildman–Crippen LogP) is 3.75. The summed E-state index contributed by atoms with van der Waals surface area (Å²) in [5.41, 5.74) is 5.48. The number of aliphatic hydroxyl groups excluding tert-OH is 2. The lowest BCUT2D eigenvalue weighted by atomic mass is 9.66. The van der Waals surface area contributed by atoms with Crippen molar-refractivity contribution < 1.29 is 24.9 Å². The number of benzene rings is 1. The fourth-order valence-corrected chi connectivity index (χ4v) is 5.55. The van der Waals surface area contributed by atoms with E-state index in [9.17, 15) is 24.9 Å². The summed E-state index contributed by atoms with van der Waals surface area (Å²) in [6.07, 6.45) is 2.84. The van der Waals surface area contributed by atoms with Gasteiger partial charge in [0.2, 0.25) is 11.8 Å². The number of likely N-dealkylation sites (tertiary alicyclic amines) is 1. The molecule has 0 aromatic heterocycles. The first kappa shape index (κ1) is 25.2. The maximum atomic E-state index is 12.8. The Morgan fingerprint density at radius 3 is 2.33 bits per heavy atom. The van der Waals surface area contributed by atoms with Crippen molar-refractivity contribution in [2.45, 2.75) is 60.0 Å². The molecule has 0 saturated carbocycles. The first-order chi connectivity index (χ1) is 15.5. The van der Waals surface area contributed by atoms with Crippen molar-refractivity contribution >= 4 is 17.9 Å². The van der Waals surface area contributed by atoms with Gasteiger partial charge < -0.3 is 15.3 Å². The number of allylic oxidation sites excluding steroid dienone is 2. The largest absolute Gasteiger partial charge is 0.507 e. The number of aryl methyl sites for hydroxylation is 2. The minimum Gasteiger partial charge on any atom is -0.507 e. The van der Waals surface area contributed by atoms with Gasteiger partial charge in [0.05, 0.1) is 24.5 Å². The lowest BCUT2D eigenvalue weighted by Crippen LogP contribution is -2.39. The number of amides is 2. The van der Waals surface area contributed by atoms with Gasteiger partial charge in [0, 0.05) is 13.0 Å². The Labute approximate surface area is 196 Å². The maximum absolute atomic E-state index is 12.8. The molecule has 1 fully saturated rings. The SMILES string of the molecule is C/C(=C\c1cc(C)c(O)c(C)c1)CC[C@@H](O)C1=C(C(C)C)C[C@H]2C(=O)N(C)C(=O)[C@H]2[C@H]1CO. The molecule has 3 N–H and O–H groups in total. The zero-order valence-electron chi connectivity index (χ0n) is 20.6. The molecule has 180 valence electrons. The van der Waals surface area contributed by atoms with Crippen LogP contribution in [0.2, 0.25) is 0 Å². The number of imide groups is 1. The Morgan fingerprint density at radius 2 is 1.79 bits per heavy atom. The van der Waals surface area contributed by atoms with E-state index >= 15 is 0 Å². The van der Waals surface area contributed by atoms with Crippen LogP contribution in [0.5, 0.6) is 5.75 Å². The molecule has 33 heavy (non-hydrogen) atoms. The molecular formula is C27H37NO5. The Kier molecular flexibility index (Phi) is 7.49. The summed E-state index contributed by atoms with van der Waals surface area (Å²) in [6.45, 7) is 9.55. The lowest BCUT2D eigenvalue weighted by Gasteiger charge is -2.38. The molecular weight excluding hydrogens is 418 g/mol. The van der Waals surface area contributed by atoms with Crippen molar-refractivity contribution in [3.05, 3.63) is 45.5 Å². The van der Waals surface area contributed by atoms with Gasteiger partial charge in [0.1, 0.15) is 5.75 Å². The molecule has 1 heterocycles. The molecule has 1 aromatic rings. The first-order valence-corrected chi connectivity index (χ1v) is 11.8. The van der Waals surface area contributed by atoms with E-state index in [1.807, 2.05) is 46.8 Å². The Hall–Kier alpha value is -2.44. The summed E-state index contributed by atoms with van der Waals surface area (Å²) in [7, 11) is 1.50. The molecule has 1 aliphatic heterocycles. The summed E-state index contributed by atoms with van der Waals surface area (Å²) in [4.78, 5) is 26.6. The standard InChI is InChI=1S/C27H37NO5/c1-14(2)19-12-20-24(27(33)28(6)26(20)32)21(13-29)23(19)22(30)8-7-15(3)9-18-10-16(4)25(31)17(5)11-18/h9-11,14,20-22,24,29-31H,7-8,12-13H2,1-6H3/b15-9+/t20-,21+,22-,24-/m1/s1. The maximum Gasteiger partial charge on any atom is 0.233 e. The highest BCUT2D eigenvalue weighted by atomic mass is 16.3. The van der Waals surface area contributed by atoms with Crippen LogP contribution in [0.15, 0.2) is 28.9 Å². The van der Waals surface area contributed by atoms with Crippen LogP contribution in [0.1, 0.15) is 56.7 Å². The molecule has 1 aliphatic carbocycles. The first-order valence-electron chi connectivity index (χ1n) is 11.8. The van der Waals surface area contributed by atoms with Crippen LogP contribution in [-0.4, -0.2) is 51.8 Å². The second-order valence-electron chi connectivity index (χ2n) is 10.0. The van der Waals surface area contributed by atoms with Crippen LogP contribution >= 0.6 is 0 Å².